The number of carbonyl (C=O) groups is 2. The Morgan fingerprint density at radius 1 is 0.932 bits per heavy atom. The van der Waals surface area contributed by atoms with Crippen molar-refractivity contribution in [3.63, 3.8) is 0 Å². The predicted octanol–water partition coefficient (Wildman–Crippen LogP) is 7.95. The first-order valence-electron chi connectivity index (χ1n) is 13.7. The average Bonchev–Trinajstić information content (AvgIpc) is 3.62. The summed E-state index contributed by atoms with van der Waals surface area (Å²) in [6.07, 6.45) is 0. The molecule has 0 saturated carbocycles. The minimum absolute atomic E-state index is 0.00141. The quantitative estimate of drug-likeness (QED) is 0.0411. The molecule has 1 atom stereocenters. The Morgan fingerprint density at radius 2 is 1.64 bits per heavy atom. The van der Waals surface area contributed by atoms with Gasteiger partial charge >= 0.3 is 5.91 Å². The van der Waals surface area contributed by atoms with Gasteiger partial charge in [-0.1, -0.05) is 89.8 Å². The fourth-order valence-corrected chi connectivity index (χ4v) is 7.05. The average molecular weight is 732 g/mol. The highest BCUT2D eigenvalue weighted by atomic mass is 127. The van der Waals surface area contributed by atoms with Crippen molar-refractivity contribution in [3.05, 3.63) is 140 Å². The van der Waals surface area contributed by atoms with Gasteiger partial charge < -0.3 is 9.84 Å². The van der Waals surface area contributed by atoms with Crippen molar-refractivity contribution in [2.45, 2.75) is 29.7 Å². The number of hydrogen-bond donors (Lipinski definition) is 1. The molecule has 0 aliphatic carbocycles. The number of rotatable bonds is 9. The van der Waals surface area contributed by atoms with Crippen molar-refractivity contribution < 1.29 is 19.4 Å². The third kappa shape index (κ3) is 6.42. The van der Waals surface area contributed by atoms with Gasteiger partial charge in [0, 0.05) is 14.9 Å². The van der Waals surface area contributed by atoms with Crippen molar-refractivity contribution in [2.75, 3.05) is 4.90 Å². The van der Waals surface area contributed by atoms with Crippen molar-refractivity contribution in [1.82, 2.24) is 10.2 Å². The lowest BCUT2D eigenvalue weighted by Gasteiger charge is -2.22. The summed E-state index contributed by atoms with van der Waals surface area (Å²) in [6, 6.07) is 31.5. The minimum Gasteiger partial charge on any atom is -0.507 e. The molecule has 1 aliphatic rings. The molecule has 6 rings (SSSR count). The lowest BCUT2D eigenvalue weighted by atomic mass is 9.95. The van der Waals surface area contributed by atoms with Crippen molar-refractivity contribution in [3.8, 4) is 5.75 Å². The number of aryl methyl sites for hydroxylation is 1. The number of ketones is 1. The van der Waals surface area contributed by atoms with Gasteiger partial charge in [0.2, 0.25) is 5.13 Å². The molecule has 2 heterocycles. The zero-order valence-corrected chi connectivity index (χ0v) is 27.3. The summed E-state index contributed by atoms with van der Waals surface area (Å²) in [5.41, 5.74) is 4.43. The molecule has 1 amide bonds. The van der Waals surface area contributed by atoms with Gasteiger partial charge in [0.25, 0.3) is 5.78 Å². The van der Waals surface area contributed by atoms with E-state index in [0.29, 0.717) is 38.7 Å². The summed E-state index contributed by atoms with van der Waals surface area (Å²) >= 11 is 4.96. The number of benzene rings is 4. The summed E-state index contributed by atoms with van der Waals surface area (Å²) in [5, 5.41) is 20.4. The number of aliphatic hydroxyl groups excluding tert-OH is 1. The number of nitrogens with zero attached hydrogens (tertiary/aromatic N) is 3. The Morgan fingerprint density at radius 3 is 2.36 bits per heavy atom. The lowest BCUT2D eigenvalue weighted by molar-refractivity contribution is -0.132. The minimum atomic E-state index is -0.871. The van der Waals surface area contributed by atoms with E-state index in [-0.39, 0.29) is 11.3 Å². The smallest absolute Gasteiger partial charge is 0.301 e. The van der Waals surface area contributed by atoms with Gasteiger partial charge in [-0.15, -0.1) is 10.2 Å². The van der Waals surface area contributed by atoms with Crippen LogP contribution in [0.4, 0.5) is 5.13 Å². The number of aliphatic hydroxyl groups is 1. The van der Waals surface area contributed by atoms with Gasteiger partial charge in [-0.2, -0.15) is 0 Å². The molecule has 1 N–H and O–H groups in total. The Hall–Kier alpha value is -4.00. The molecule has 10 heteroatoms. The fourth-order valence-electron chi connectivity index (χ4n) is 4.87. The van der Waals surface area contributed by atoms with E-state index in [1.54, 1.807) is 24.3 Å². The maximum atomic E-state index is 13.5. The summed E-state index contributed by atoms with van der Waals surface area (Å²) in [7, 11) is 0. The third-order valence-electron chi connectivity index (χ3n) is 7.22. The first-order valence-corrected chi connectivity index (χ1v) is 16.6. The number of hydrogen-bond acceptors (Lipinski definition) is 8. The number of aromatic nitrogens is 2. The molecular formula is C34H26IN3O4S2. The van der Waals surface area contributed by atoms with Gasteiger partial charge in [-0.05, 0) is 88.2 Å². The van der Waals surface area contributed by atoms with Crippen LogP contribution in [0.25, 0.3) is 5.76 Å². The maximum absolute atomic E-state index is 13.5. The number of thioether (sulfide) groups is 1. The molecule has 0 spiro atoms. The topological polar surface area (TPSA) is 92.6 Å². The SMILES string of the molecule is Cc1ccccc1COc1ccc(/C(O)=C2\C(=O)C(=O)N(c3nnc(SCc4ccccc4)s3)C2c2ccc(I)cc2)cc1. The van der Waals surface area contributed by atoms with E-state index in [1.165, 1.54) is 28.0 Å². The van der Waals surface area contributed by atoms with Gasteiger partial charge in [0.1, 0.15) is 18.1 Å². The standard InChI is InChI=1S/C34H26IN3O4S2/c1-21-7-5-6-10-25(21)19-42-27-17-13-24(14-18-27)30(39)28-29(23-11-15-26(35)16-12-23)38(32(41)31(28)40)33-36-37-34(44-33)43-20-22-8-3-2-4-9-22/h2-18,29,39H,19-20H2,1H3/b30-28+. The maximum Gasteiger partial charge on any atom is 0.301 e. The van der Waals surface area contributed by atoms with Crippen molar-refractivity contribution in [2.24, 2.45) is 0 Å². The molecule has 7 nitrogen and oxygen atoms in total. The van der Waals surface area contributed by atoms with Crippen LogP contribution in [0.1, 0.15) is 33.9 Å². The number of halogens is 1. The van der Waals surface area contributed by atoms with Gasteiger partial charge in [0.15, 0.2) is 4.34 Å². The molecule has 1 fully saturated rings. The van der Waals surface area contributed by atoms with Gasteiger partial charge in [-0.25, -0.2) is 0 Å². The summed E-state index contributed by atoms with van der Waals surface area (Å²) in [5.74, 6) is -0.486. The van der Waals surface area contributed by atoms with Crippen LogP contribution in [0.5, 0.6) is 5.75 Å². The summed E-state index contributed by atoms with van der Waals surface area (Å²) in [6.45, 7) is 2.44. The molecule has 1 aromatic heterocycles. The van der Waals surface area contributed by atoms with E-state index in [2.05, 4.69) is 32.8 Å². The largest absolute Gasteiger partial charge is 0.507 e. The van der Waals surface area contributed by atoms with Crippen LogP contribution < -0.4 is 9.64 Å². The normalized spacial score (nSPS) is 16.0. The Labute approximate surface area is 276 Å². The molecule has 0 bridgehead atoms. The zero-order valence-electron chi connectivity index (χ0n) is 23.5. The molecule has 5 aromatic rings. The molecule has 1 unspecified atom stereocenters. The Balaban J connectivity index is 1.30. The van der Waals surface area contributed by atoms with E-state index < -0.39 is 17.7 Å². The number of carbonyl (C=O) groups excluding carboxylic acids is 2. The summed E-state index contributed by atoms with van der Waals surface area (Å²) in [4.78, 5) is 28.4. The van der Waals surface area contributed by atoms with Gasteiger partial charge in [-0.3, -0.25) is 14.5 Å². The second kappa shape index (κ2) is 13.3. The predicted molar refractivity (Wildman–Crippen MR) is 182 cm³/mol. The van der Waals surface area contributed by atoms with Gasteiger partial charge in [0.05, 0.1) is 11.6 Å². The number of Topliss-reactive ketones (excluding diaryl/α,β-unsaturated/α-hetero) is 1. The molecular weight excluding hydrogens is 705 g/mol. The fraction of sp³-hybridized carbons (Fsp3) is 0.118. The van der Waals surface area contributed by atoms with Crippen LogP contribution in [-0.2, 0) is 21.9 Å². The first-order chi connectivity index (χ1) is 21.4. The number of amides is 1. The molecule has 4 aromatic carbocycles. The van der Waals surface area contributed by atoms with Crippen LogP contribution in [0.2, 0.25) is 0 Å². The van der Waals surface area contributed by atoms with Crippen LogP contribution in [0, 0.1) is 10.5 Å². The van der Waals surface area contributed by atoms with E-state index in [1.807, 2.05) is 85.8 Å². The van der Waals surface area contributed by atoms with E-state index in [9.17, 15) is 14.7 Å². The second-order valence-corrected chi connectivity index (χ2v) is 13.5. The monoisotopic (exact) mass is 731 g/mol. The third-order valence-corrected chi connectivity index (χ3v) is 10.1. The molecule has 44 heavy (non-hydrogen) atoms. The molecule has 0 radical (unpaired) electrons. The second-order valence-electron chi connectivity index (χ2n) is 10.1. The highest BCUT2D eigenvalue weighted by Crippen LogP contribution is 2.44. The number of ether oxygens (including phenoxy) is 1. The molecule has 1 aliphatic heterocycles. The number of anilines is 1. The zero-order chi connectivity index (χ0) is 30.6. The summed E-state index contributed by atoms with van der Waals surface area (Å²) < 4.78 is 7.63. The van der Waals surface area contributed by atoms with Crippen molar-refractivity contribution in [1.29, 1.82) is 0 Å². The molecule has 220 valence electrons. The lowest BCUT2D eigenvalue weighted by Crippen LogP contribution is -2.29. The Kier molecular flexibility index (Phi) is 9.10. The first kappa shape index (κ1) is 30.0. The van der Waals surface area contributed by atoms with Crippen LogP contribution in [-0.4, -0.2) is 27.0 Å². The van der Waals surface area contributed by atoms with Crippen LogP contribution >= 0.6 is 45.7 Å². The highest BCUT2D eigenvalue weighted by Gasteiger charge is 2.48. The highest BCUT2D eigenvalue weighted by molar-refractivity contribution is 14.1. The Bertz CT molecular complexity index is 1840. The van der Waals surface area contributed by atoms with Crippen molar-refractivity contribution >= 4 is 68.3 Å². The van der Waals surface area contributed by atoms with Crippen LogP contribution in [0.3, 0.4) is 0 Å². The van der Waals surface area contributed by atoms with E-state index in [4.69, 9.17) is 4.74 Å². The molecule has 1 saturated heterocycles. The van der Waals surface area contributed by atoms with E-state index in [0.717, 1.165) is 20.3 Å². The van der Waals surface area contributed by atoms with E-state index >= 15 is 0 Å². The van der Waals surface area contributed by atoms with Crippen LogP contribution in [0.15, 0.2) is 113 Å².